The summed E-state index contributed by atoms with van der Waals surface area (Å²) in [5.74, 6) is 0. The Hall–Kier alpha value is -0.120. The van der Waals surface area contributed by atoms with Crippen LogP contribution in [0.25, 0.3) is 0 Å². The average Bonchev–Trinajstić information content (AvgIpc) is 2.86. The molecule has 0 radical (unpaired) electrons. The van der Waals surface area contributed by atoms with Gasteiger partial charge in [-0.1, -0.05) is 0 Å². The summed E-state index contributed by atoms with van der Waals surface area (Å²) in [4.78, 5) is 0. The molecular formula is C10H19NO2. The van der Waals surface area contributed by atoms with E-state index < -0.39 is 5.60 Å². The molecule has 3 heteroatoms. The second kappa shape index (κ2) is 2.94. The Morgan fingerprint density at radius 1 is 1.46 bits per heavy atom. The van der Waals surface area contributed by atoms with Crippen molar-refractivity contribution in [1.29, 1.82) is 0 Å². The van der Waals surface area contributed by atoms with Gasteiger partial charge in [0.2, 0.25) is 0 Å². The van der Waals surface area contributed by atoms with Crippen LogP contribution in [0.2, 0.25) is 0 Å². The predicted octanol–water partition coefficient (Wildman–Crippen LogP) is 0.655. The van der Waals surface area contributed by atoms with Crippen LogP contribution in [0.4, 0.5) is 0 Å². The minimum Gasteiger partial charge on any atom is -0.387 e. The van der Waals surface area contributed by atoms with Crippen LogP contribution in [0, 0.1) is 5.41 Å². The Kier molecular flexibility index (Phi) is 2.13. The van der Waals surface area contributed by atoms with Crippen LogP contribution < -0.4 is 5.73 Å². The molecule has 2 atom stereocenters. The molecule has 0 spiro atoms. The summed E-state index contributed by atoms with van der Waals surface area (Å²) in [5.41, 5.74) is 5.10. The lowest BCUT2D eigenvalue weighted by atomic mass is 9.81. The molecule has 2 saturated carbocycles. The number of rotatable bonds is 3. The fraction of sp³-hybridized carbons (Fsp3) is 1.00. The van der Waals surface area contributed by atoms with Gasteiger partial charge >= 0.3 is 0 Å². The normalized spacial score (nSPS) is 42.2. The van der Waals surface area contributed by atoms with Crippen LogP contribution in [-0.2, 0) is 4.74 Å². The first-order valence-corrected chi connectivity index (χ1v) is 5.14. The minimum atomic E-state index is -0.628. The molecule has 0 aliphatic heterocycles. The van der Waals surface area contributed by atoms with E-state index in [4.69, 9.17) is 10.5 Å². The predicted molar refractivity (Wildman–Crippen MR) is 50.3 cm³/mol. The van der Waals surface area contributed by atoms with Crippen LogP contribution in [0.5, 0.6) is 0 Å². The van der Waals surface area contributed by atoms with E-state index in [9.17, 15) is 5.11 Å². The Morgan fingerprint density at radius 2 is 2.15 bits per heavy atom. The molecule has 0 aromatic carbocycles. The first-order chi connectivity index (χ1) is 6.18. The van der Waals surface area contributed by atoms with E-state index in [0.29, 0.717) is 6.54 Å². The molecule has 0 aromatic rings. The molecule has 0 amide bonds. The van der Waals surface area contributed by atoms with Crippen LogP contribution >= 0.6 is 0 Å². The van der Waals surface area contributed by atoms with Crippen molar-refractivity contribution in [3.8, 4) is 0 Å². The minimum absolute atomic E-state index is 0.00975. The molecule has 13 heavy (non-hydrogen) atoms. The summed E-state index contributed by atoms with van der Waals surface area (Å²) in [5, 5.41) is 10.5. The first-order valence-electron chi connectivity index (χ1n) is 5.14. The zero-order valence-corrected chi connectivity index (χ0v) is 8.25. The van der Waals surface area contributed by atoms with E-state index >= 15 is 0 Å². The number of methoxy groups -OCH3 is 1. The van der Waals surface area contributed by atoms with Crippen molar-refractivity contribution < 1.29 is 9.84 Å². The topological polar surface area (TPSA) is 55.5 Å². The SMILES string of the molecule is COC1CCCC1(O)C1(CN)CC1. The average molecular weight is 185 g/mol. The van der Waals surface area contributed by atoms with E-state index in [1.54, 1.807) is 7.11 Å². The maximum Gasteiger partial charge on any atom is 0.0975 e. The van der Waals surface area contributed by atoms with E-state index in [1.165, 1.54) is 0 Å². The highest BCUT2D eigenvalue weighted by Crippen LogP contribution is 2.59. The highest BCUT2D eigenvalue weighted by atomic mass is 16.5. The van der Waals surface area contributed by atoms with Crippen LogP contribution in [0.1, 0.15) is 32.1 Å². The maximum absolute atomic E-state index is 10.5. The summed E-state index contributed by atoms with van der Waals surface area (Å²) in [6.45, 7) is 0.601. The van der Waals surface area contributed by atoms with Crippen molar-refractivity contribution >= 4 is 0 Å². The maximum atomic E-state index is 10.5. The fourth-order valence-corrected chi connectivity index (χ4v) is 2.84. The van der Waals surface area contributed by atoms with Crippen molar-refractivity contribution in [3.63, 3.8) is 0 Å². The largest absolute Gasteiger partial charge is 0.387 e. The number of ether oxygens (including phenoxy) is 1. The third-order valence-corrected chi connectivity index (χ3v) is 4.00. The summed E-state index contributed by atoms with van der Waals surface area (Å²) in [6, 6.07) is 0. The molecule has 76 valence electrons. The third kappa shape index (κ3) is 1.14. The van der Waals surface area contributed by atoms with E-state index in [1.807, 2.05) is 0 Å². The lowest BCUT2D eigenvalue weighted by Crippen LogP contribution is -2.50. The Balaban J connectivity index is 2.18. The number of nitrogens with two attached hydrogens (primary N) is 1. The van der Waals surface area contributed by atoms with Crippen molar-refractivity contribution in [2.24, 2.45) is 11.1 Å². The highest BCUT2D eigenvalue weighted by molar-refractivity contribution is 5.14. The van der Waals surface area contributed by atoms with Gasteiger partial charge in [0, 0.05) is 19.1 Å². The molecule has 0 saturated heterocycles. The summed E-state index contributed by atoms with van der Waals surface area (Å²) < 4.78 is 5.35. The highest BCUT2D eigenvalue weighted by Gasteiger charge is 2.62. The van der Waals surface area contributed by atoms with Crippen LogP contribution in [0.15, 0.2) is 0 Å². The summed E-state index contributed by atoms with van der Waals surface area (Å²) in [6.07, 6.45) is 5.06. The van der Waals surface area contributed by atoms with Gasteiger partial charge in [0.05, 0.1) is 11.7 Å². The molecule has 0 bridgehead atoms. The van der Waals surface area contributed by atoms with Gasteiger partial charge in [-0.25, -0.2) is 0 Å². The lowest BCUT2D eigenvalue weighted by molar-refractivity contribution is -0.117. The van der Waals surface area contributed by atoms with Gasteiger partial charge in [-0.2, -0.15) is 0 Å². The smallest absolute Gasteiger partial charge is 0.0975 e. The van der Waals surface area contributed by atoms with Gasteiger partial charge < -0.3 is 15.6 Å². The van der Waals surface area contributed by atoms with Gasteiger partial charge in [0.25, 0.3) is 0 Å². The molecule has 2 aliphatic carbocycles. The monoisotopic (exact) mass is 185 g/mol. The molecule has 3 nitrogen and oxygen atoms in total. The molecule has 0 aromatic heterocycles. The second-order valence-corrected chi connectivity index (χ2v) is 4.53. The van der Waals surface area contributed by atoms with Gasteiger partial charge in [0.15, 0.2) is 0 Å². The Labute approximate surface area is 79.3 Å². The van der Waals surface area contributed by atoms with E-state index in [2.05, 4.69) is 0 Å². The van der Waals surface area contributed by atoms with E-state index in [-0.39, 0.29) is 11.5 Å². The third-order valence-electron chi connectivity index (χ3n) is 4.00. The Morgan fingerprint density at radius 3 is 2.62 bits per heavy atom. The summed E-state index contributed by atoms with van der Waals surface area (Å²) in [7, 11) is 1.69. The van der Waals surface area contributed by atoms with Gasteiger partial charge in [-0.3, -0.25) is 0 Å². The molecule has 3 N–H and O–H groups in total. The zero-order valence-electron chi connectivity index (χ0n) is 8.25. The molecule has 2 aliphatic rings. The van der Waals surface area contributed by atoms with Gasteiger partial charge in [-0.05, 0) is 32.1 Å². The molecular weight excluding hydrogens is 166 g/mol. The molecule has 2 rings (SSSR count). The molecule has 0 heterocycles. The van der Waals surface area contributed by atoms with Crippen molar-refractivity contribution in [1.82, 2.24) is 0 Å². The zero-order chi connectivity index (χ0) is 9.53. The van der Waals surface area contributed by atoms with E-state index in [0.717, 1.165) is 32.1 Å². The van der Waals surface area contributed by atoms with Gasteiger partial charge in [0.1, 0.15) is 0 Å². The van der Waals surface area contributed by atoms with Crippen molar-refractivity contribution in [3.05, 3.63) is 0 Å². The number of hydrogen-bond donors (Lipinski definition) is 2. The first kappa shape index (κ1) is 9.44. The lowest BCUT2D eigenvalue weighted by Gasteiger charge is -2.37. The standard InChI is InChI=1S/C10H19NO2/c1-13-8-3-2-4-10(8,12)9(7-11)5-6-9/h8,12H,2-7,11H2,1H3. The molecule has 2 fully saturated rings. The quantitative estimate of drug-likeness (QED) is 0.679. The van der Waals surface area contributed by atoms with Gasteiger partial charge in [-0.15, -0.1) is 0 Å². The van der Waals surface area contributed by atoms with Crippen molar-refractivity contribution in [2.75, 3.05) is 13.7 Å². The summed E-state index contributed by atoms with van der Waals surface area (Å²) >= 11 is 0. The second-order valence-electron chi connectivity index (χ2n) is 4.53. The number of hydrogen-bond acceptors (Lipinski definition) is 3. The molecule has 2 unspecified atom stereocenters. The van der Waals surface area contributed by atoms with Crippen molar-refractivity contribution in [2.45, 2.75) is 43.8 Å². The number of aliphatic hydroxyl groups is 1. The van der Waals surface area contributed by atoms with Crippen LogP contribution in [-0.4, -0.2) is 30.5 Å². The Bertz CT molecular complexity index is 203. The fourth-order valence-electron chi connectivity index (χ4n) is 2.84. The van der Waals surface area contributed by atoms with Crippen LogP contribution in [0.3, 0.4) is 0 Å².